The summed E-state index contributed by atoms with van der Waals surface area (Å²) in [6.45, 7) is 1.84. The maximum Gasteiger partial charge on any atom is 0.432 e. The van der Waals surface area contributed by atoms with Crippen molar-refractivity contribution in [3.05, 3.63) is 0 Å². The minimum atomic E-state index is -1.19. The molecule has 0 aliphatic heterocycles. The van der Waals surface area contributed by atoms with Gasteiger partial charge in [0.1, 0.15) is 0 Å². The summed E-state index contributed by atoms with van der Waals surface area (Å²) in [6, 6.07) is 0. The molecule has 0 aromatic rings. The van der Waals surface area contributed by atoms with Gasteiger partial charge in [0, 0.05) is 0 Å². The monoisotopic (exact) mass is 120 g/mol. The molecule has 0 aromatic heterocycles. The molecule has 5 nitrogen and oxygen atoms in total. The van der Waals surface area contributed by atoms with E-state index in [2.05, 4.69) is 10.8 Å². The van der Waals surface area contributed by atoms with Crippen molar-refractivity contribution in [2.24, 2.45) is 5.90 Å². The summed E-state index contributed by atoms with van der Waals surface area (Å²) in [4.78, 5) is 13.8. The molecule has 0 unspecified atom stereocenters. The van der Waals surface area contributed by atoms with Gasteiger partial charge >= 0.3 is 6.09 Å². The fraction of sp³-hybridized carbons (Fsp3) is 0.667. The lowest BCUT2D eigenvalue weighted by Crippen LogP contribution is -2.31. The molecule has 3 N–H and O–H groups in total. The summed E-state index contributed by atoms with van der Waals surface area (Å²) in [6.07, 6.45) is -1.19. The van der Waals surface area contributed by atoms with Gasteiger partial charge in [0.25, 0.3) is 0 Å². The Balaban J connectivity index is 3.52. The third-order valence-corrected chi connectivity index (χ3v) is 0.628. The largest absolute Gasteiger partial charge is 0.463 e. The van der Waals surface area contributed by atoms with Crippen LogP contribution in [0.3, 0.4) is 0 Å². The van der Waals surface area contributed by atoms with E-state index < -0.39 is 6.09 Å². The molecule has 5 heteroatoms. The second kappa shape index (κ2) is 3.23. The zero-order chi connectivity index (χ0) is 6.57. The zero-order valence-corrected chi connectivity index (χ0v) is 4.50. The van der Waals surface area contributed by atoms with E-state index in [-0.39, 0.29) is 6.54 Å². The zero-order valence-electron chi connectivity index (χ0n) is 4.50. The van der Waals surface area contributed by atoms with Crippen molar-refractivity contribution in [1.82, 2.24) is 5.06 Å². The summed E-state index contributed by atoms with van der Waals surface area (Å²) >= 11 is 0. The van der Waals surface area contributed by atoms with Crippen molar-refractivity contribution in [3.8, 4) is 0 Å². The van der Waals surface area contributed by atoms with E-state index in [4.69, 9.17) is 5.11 Å². The summed E-state index contributed by atoms with van der Waals surface area (Å²) in [5.74, 6) is 4.53. The fourth-order valence-electron chi connectivity index (χ4n) is 0.255. The first-order valence-corrected chi connectivity index (χ1v) is 2.09. The molecule has 0 bridgehead atoms. The quantitative estimate of drug-likeness (QED) is 0.494. The van der Waals surface area contributed by atoms with Crippen molar-refractivity contribution in [1.29, 1.82) is 0 Å². The van der Waals surface area contributed by atoms with Crippen LogP contribution in [0.25, 0.3) is 0 Å². The Hall–Kier alpha value is -0.810. The first-order chi connectivity index (χ1) is 3.72. The lowest BCUT2D eigenvalue weighted by molar-refractivity contribution is -0.131. The van der Waals surface area contributed by atoms with Crippen LogP contribution in [0.1, 0.15) is 6.92 Å². The van der Waals surface area contributed by atoms with Crippen molar-refractivity contribution < 1.29 is 14.8 Å². The number of nitrogens with two attached hydrogens (primary N) is 1. The van der Waals surface area contributed by atoms with Gasteiger partial charge in [0.05, 0.1) is 6.54 Å². The van der Waals surface area contributed by atoms with Crippen molar-refractivity contribution in [2.45, 2.75) is 6.92 Å². The van der Waals surface area contributed by atoms with Gasteiger partial charge in [-0.3, -0.25) is 0 Å². The molecule has 0 rings (SSSR count). The highest BCUT2D eigenvalue weighted by Gasteiger charge is 2.05. The van der Waals surface area contributed by atoms with Crippen LogP contribution in [0.5, 0.6) is 0 Å². The Kier molecular flexibility index (Phi) is 2.90. The Morgan fingerprint density at radius 1 is 2.00 bits per heavy atom. The second-order valence-electron chi connectivity index (χ2n) is 1.08. The maximum absolute atomic E-state index is 9.88. The smallest absolute Gasteiger partial charge is 0.432 e. The number of hydroxylamine groups is 2. The molecule has 8 heavy (non-hydrogen) atoms. The summed E-state index contributed by atoms with van der Waals surface area (Å²) < 4.78 is 0. The molecule has 1 amide bonds. The molecular weight excluding hydrogens is 112 g/mol. The van der Waals surface area contributed by atoms with Crippen LogP contribution in [-0.4, -0.2) is 22.8 Å². The molecule has 0 saturated heterocycles. The van der Waals surface area contributed by atoms with Gasteiger partial charge in [-0.25, -0.2) is 4.79 Å². The predicted octanol–water partition coefficient (Wildman–Crippen LogP) is -0.208. The Bertz CT molecular complexity index is 80.6. The summed E-state index contributed by atoms with van der Waals surface area (Å²) in [5.41, 5.74) is 0. The van der Waals surface area contributed by atoms with Crippen LogP contribution in [0.2, 0.25) is 0 Å². The van der Waals surface area contributed by atoms with Crippen LogP contribution in [0.15, 0.2) is 0 Å². The van der Waals surface area contributed by atoms with Crippen LogP contribution >= 0.6 is 0 Å². The minimum Gasteiger partial charge on any atom is -0.463 e. The summed E-state index contributed by atoms with van der Waals surface area (Å²) in [7, 11) is 0. The molecule has 0 fully saturated rings. The van der Waals surface area contributed by atoms with Gasteiger partial charge in [0.2, 0.25) is 0 Å². The van der Waals surface area contributed by atoms with Crippen molar-refractivity contribution in [3.63, 3.8) is 0 Å². The second-order valence-corrected chi connectivity index (χ2v) is 1.08. The fourth-order valence-corrected chi connectivity index (χ4v) is 0.255. The van der Waals surface area contributed by atoms with Crippen LogP contribution in [-0.2, 0) is 4.94 Å². The SMILES string of the molecule is CCN(ON)C(=O)O. The highest BCUT2D eigenvalue weighted by atomic mass is 16.8. The Labute approximate surface area is 46.5 Å². The first kappa shape index (κ1) is 7.19. The van der Waals surface area contributed by atoms with E-state index in [1.807, 2.05) is 0 Å². The number of carbonyl (C=O) groups is 1. The molecule has 0 radical (unpaired) electrons. The topological polar surface area (TPSA) is 75.8 Å². The van der Waals surface area contributed by atoms with E-state index in [1.165, 1.54) is 0 Å². The molecule has 0 aliphatic carbocycles. The van der Waals surface area contributed by atoms with Gasteiger partial charge in [-0.15, -0.1) is 0 Å². The average Bonchev–Trinajstić information content (AvgIpc) is 1.69. The highest BCUT2D eigenvalue weighted by Crippen LogP contribution is 1.83. The van der Waals surface area contributed by atoms with Crippen LogP contribution in [0.4, 0.5) is 4.79 Å². The van der Waals surface area contributed by atoms with Gasteiger partial charge in [0.15, 0.2) is 0 Å². The van der Waals surface area contributed by atoms with Crippen molar-refractivity contribution in [2.75, 3.05) is 6.54 Å². The molecule has 0 heterocycles. The number of nitrogens with zero attached hydrogens (tertiary/aromatic N) is 1. The molecule has 0 aromatic carbocycles. The number of amides is 1. The van der Waals surface area contributed by atoms with E-state index >= 15 is 0 Å². The average molecular weight is 120 g/mol. The molecular formula is C3H8N2O3. The lowest BCUT2D eigenvalue weighted by atomic mass is 10.7. The normalized spacial score (nSPS) is 8.75. The third-order valence-electron chi connectivity index (χ3n) is 0.628. The summed E-state index contributed by atoms with van der Waals surface area (Å²) in [5, 5.41) is 8.71. The van der Waals surface area contributed by atoms with Gasteiger partial charge in [-0.2, -0.15) is 15.9 Å². The Morgan fingerprint density at radius 2 is 2.50 bits per heavy atom. The minimum absolute atomic E-state index is 0.228. The molecule has 48 valence electrons. The van der Waals surface area contributed by atoms with Crippen molar-refractivity contribution >= 4 is 6.09 Å². The lowest BCUT2D eigenvalue weighted by Gasteiger charge is -2.09. The molecule has 0 atom stereocenters. The highest BCUT2D eigenvalue weighted by molar-refractivity contribution is 5.63. The van der Waals surface area contributed by atoms with E-state index in [0.29, 0.717) is 5.06 Å². The van der Waals surface area contributed by atoms with Crippen LogP contribution in [0, 0.1) is 0 Å². The van der Waals surface area contributed by atoms with E-state index in [0.717, 1.165) is 0 Å². The van der Waals surface area contributed by atoms with Crippen LogP contribution < -0.4 is 5.90 Å². The first-order valence-electron chi connectivity index (χ1n) is 2.09. The molecule has 0 aliphatic rings. The van der Waals surface area contributed by atoms with Gasteiger partial charge in [-0.05, 0) is 6.92 Å². The van der Waals surface area contributed by atoms with E-state index in [1.54, 1.807) is 6.92 Å². The number of carboxylic acid groups (broad SMARTS) is 1. The molecule has 0 saturated carbocycles. The standard InChI is InChI=1S/C3H8N2O3/c1-2-5(8-4)3(6)7/h2,4H2,1H3,(H,6,7). The number of rotatable bonds is 2. The number of hydrogen-bond donors (Lipinski definition) is 2. The maximum atomic E-state index is 9.88. The number of hydrogen-bond acceptors (Lipinski definition) is 3. The van der Waals surface area contributed by atoms with E-state index in [9.17, 15) is 4.79 Å². The Morgan fingerprint density at radius 3 is 2.50 bits per heavy atom. The van der Waals surface area contributed by atoms with Gasteiger partial charge < -0.3 is 5.11 Å². The predicted molar refractivity (Wildman–Crippen MR) is 25.7 cm³/mol. The molecule has 0 spiro atoms. The third kappa shape index (κ3) is 1.76. The van der Waals surface area contributed by atoms with Gasteiger partial charge in [-0.1, -0.05) is 0 Å².